The van der Waals surface area contributed by atoms with Crippen LogP contribution in [-0.4, -0.2) is 10.8 Å². The summed E-state index contributed by atoms with van der Waals surface area (Å²) in [5.41, 5.74) is 1.25. The average molecular weight is 313 g/mol. The summed E-state index contributed by atoms with van der Waals surface area (Å²) in [5.74, 6) is 0.770. The van der Waals surface area contributed by atoms with E-state index in [-0.39, 0.29) is 17.5 Å². The number of carbonyl (C=O) groups excluding carboxylic acids is 1. The molecule has 122 valence electrons. The lowest BCUT2D eigenvalue weighted by Gasteiger charge is -2.24. The van der Waals surface area contributed by atoms with Gasteiger partial charge in [0.15, 0.2) is 0 Å². The molecule has 1 aliphatic carbocycles. The molecule has 0 spiro atoms. The minimum absolute atomic E-state index is 0.0984. The van der Waals surface area contributed by atoms with E-state index in [9.17, 15) is 9.18 Å². The molecule has 1 heterocycles. The lowest BCUT2D eigenvalue weighted by molar-refractivity contribution is -0.122. The van der Waals surface area contributed by atoms with E-state index >= 15 is 0 Å². The van der Waals surface area contributed by atoms with Crippen molar-refractivity contribution in [3.63, 3.8) is 0 Å². The summed E-state index contributed by atoms with van der Waals surface area (Å²) in [6.45, 7) is 2.05. The Labute approximate surface area is 137 Å². The fourth-order valence-corrected chi connectivity index (χ4v) is 3.70. The van der Waals surface area contributed by atoms with E-state index in [1.807, 2.05) is 19.1 Å². The van der Waals surface area contributed by atoms with Gasteiger partial charge in [-0.3, -0.25) is 9.78 Å². The van der Waals surface area contributed by atoms with Crippen LogP contribution in [-0.2, 0) is 11.2 Å². The number of Topliss-reactive ketones (excluding diaryl/α,β-unsaturated/α-hetero) is 1. The summed E-state index contributed by atoms with van der Waals surface area (Å²) < 4.78 is 13.6. The van der Waals surface area contributed by atoms with E-state index in [4.69, 9.17) is 0 Å². The van der Waals surface area contributed by atoms with Crippen LogP contribution in [0.4, 0.5) is 4.39 Å². The average Bonchev–Trinajstić information content (AvgIpc) is 2.56. The van der Waals surface area contributed by atoms with Gasteiger partial charge in [0.2, 0.25) is 0 Å². The number of benzene rings is 1. The number of halogens is 1. The summed E-state index contributed by atoms with van der Waals surface area (Å²) >= 11 is 0. The smallest absolute Gasteiger partial charge is 0.149 e. The molecule has 2 nitrogen and oxygen atoms in total. The Balaban J connectivity index is 1.64. The number of para-hydroxylation sites is 1. The molecule has 0 radical (unpaired) electrons. The molecule has 0 aliphatic heterocycles. The minimum atomic E-state index is -0.314. The molecule has 0 bridgehead atoms. The lowest BCUT2D eigenvalue weighted by atomic mass is 9.81. The Hall–Kier alpha value is -1.77. The molecule has 1 aromatic carbocycles. The Morgan fingerprint density at radius 1 is 1.30 bits per heavy atom. The first-order chi connectivity index (χ1) is 11.1. The van der Waals surface area contributed by atoms with E-state index in [2.05, 4.69) is 4.98 Å². The maximum atomic E-state index is 13.6. The van der Waals surface area contributed by atoms with Gasteiger partial charge in [-0.15, -0.1) is 0 Å². The summed E-state index contributed by atoms with van der Waals surface area (Å²) in [6, 6.07) is 6.81. The highest BCUT2D eigenvalue weighted by Gasteiger charge is 2.21. The van der Waals surface area contributed by atoms with Crippen molar-refractivity contribution in [3.8, 4) is 0 Å². The third-order valence-electron chi connectivity index (χ3n) is 5.06. The number of carbonyl (C=O) groups is 1. The summed E-state index contributed by atoms with van der Waals surface area (Å²) in [7, 11) is 0. The second-order valence-electron chi connectivity index (χ2n) is 6.94. The molecule has 3 rings (SSSR count). The molecule has 1 aromatic heterocycles. The van der Waals surface area contributed by atoms with Crippen molar-refractivity contribution >= 4 is 16.7 Å². The second kappa shape index (κ2) is 7.20. The van der Waals surface area contributed by atoms with Gasteiger partial charge >= 0.3 is 0 Å². The van der Waals surface area contributed by atoms with Crippen molar-refractivity contribution in [2.24, 2.45) is 11.8 Å². The van der Waals surface area contributed by atoms with Crippen LogP contribution < -0.4 is 0 Å². The lowest BCUT2D eigenvalue weighted by Crippen LogP contribution is -2.19. The van der Waals surface area contributed by atoms with Crippen LogP contribution in [0.2, 0.25) is 0 Å². The SMILES string of the molecule is CC(CC1CCCCC1)C(=O)Cc1cnc2c(F)cccc2c1. The molecule has 1 fully saturated rings. The topological polar surface area (TPSA) is 30.0 Å². The van der Waals surface area contributed by atoms with Crippen LogP contribution >= 0.6 is 0 Å². The van der Waals surface area contributed by atoms with Crippen LogP contribution in [0.5, 0.6) is 0 Å². The van der Waals surface area contributed by atoms with E-state index in [1.54, 1.807) is 12.3 Å². The zero-order valence-electron chi connectivity index (χ0n) is 13.7. The van der Waals surface area contributed by atoms with Crippen molar-refractivity contribution in [2.45, 2.75) is 51.9 Å². The number of hydrogen-bond donors (Lipinski definition) is 0. The van der Waals surface area contributed by atoms with Gasteiger partial charge in [0.25, 0.3) is 0 Å². The highest BCUT2D eigenvalue weighted by Crippen LogP contribution is 2.29. The van der Waals surface area contributed by atoms with Gasteiger partial charge in [-0.05, 0) is 30.0 Å². The first-order valence-electron chi connectivity index (χ1n) is 8.69. The number of ketones is 1. The molecule has 1 saturated carbocycles. The molecule has 3 heteroatoms. The predicted molar refractivity (Wildman–Crippen MR) is 90.8 cm³/mol. The molecule has 23 heavy (non-hydrogen) atoms. The molecular formula is C20H24FNO. The van der Waals surface area contributed by atoms with Gasteiger partial charge in [0.05, 0.1) is 0 Å². The van der Waals surface area contributed by atoms with E-state index < -0.39 is 0 Å². The van der Waals surface area contributed by atoms with Crippen LogP contribution in [0, 0.1) is 17.7 Å². The molecule has 2 aromatic rings. The number of rotatable bonds is 5. The first kappa shape index (κ1) is 16.1. The molecule has 1 unspecified atom stereocenters. The van der Waals surface area contributed by atoms with Crippen LogP contribution in [0.15, 0.2) is 30.5 Å². The fourth-order valence-electron chi connectivity index (χ4n) is 3.70. The maximum absolute atomic E-state index is 13.6. The fraction of sp³-hybridized carbons (Fsp3) is 0.500. The van der Waals surface area contributed by atoms with Crippen molar-refractivity contribution < 1.29 is 9.18 Å². The van der Waals surface area contributed by atoms with Gasteiger partial charge < -0.3 is 0 Å². The van der Waals surface area contributed by atoms with Gasteiger partial charge in [0, 0.05) is 23.9 Å². The van der Waals surface area contributed by atoms with E-state index in [0.717, 1.165) is 17.4 Å². The third-order valence-corrected chi connectivity index (χ3v) is 5.06. The molecule has 0 saturated heterocycles. The zero-order chi connectivity index (χ0) is 16.2. The van der Waals surface area contributed by atoms with Gasteiger partial charge in [-0.1, -0.05) is 51.2 Å². The molecule has 1 atom stereocenters. The van der Waals surface area contributed by atoms with Crippen molar-refractivity contribution in [2.75, 3.05) is 0 Å². The number of fused-ring (bicyclic) bond motifs is 1. The zero-order valence-corrected chi connectivity index (χ0v) is 13.7. The monoisotopic (exact) mass is 313 g/mol. The van der Waals surface area contributed by atoms with Crippen LogP contribution in [0.25, 0.3) is 10.9 Å². The highest BCUT2D eigenvalue weighted by molar-refractivity contribution is 5.85. The number of nitrogens with zero attached hydrogens (tertiary/aromatic N) is 1. The van der Waals surface area contributed by atoms with Crippen LogP contribution in [0.1, 0.15) is 51.0 Å². The van der Waals surface area contributed by atoms with Gasteiger partial charge in [0.1, 0.15) is 17.1 Å². The molecular weight excluding hydrogens is 289 g/mol. The first-order valence-corrected chi connectivity index (χ1v) is 8.69. The third kappa shape index (κ3) is 3.95. The molecule has 0 amide bonds. The summed E-state index contributed by atoms with van der Waals surface area (Å²) in [5, 5.41) is 0.759. The Kier molecular flexibility index (Phi) is 5.04. The van der Waals surface area contributed by atoms with Crippen molar-refractivity contribution in [1.29, 1.82) is 0 Å². The predicted octanol–water partition coefficient (Wildman–Crippen LogP) is 5.09. The van der Waals surface area contributed by atoms with Crippen molar-refractivity contribution in [1.82, 2.24) is 4.98 Å². The van der Waals surface area contributed by atoms with E-state index in [0.29, 0.717) is 17.9 Å². The normalized spacial score (nSPS) is 17.3. The largest absolute Gasteiger partial charge is 0.299 e. The molecule has 0 N–H and O–H groups in total. The minimum Gasteiger partial charge on any atom is -0.299 e. The Morgan fingerprint density at radius 3 is 2.87 bits per heavy atom. The number of hydrogen-bond acceptors (Lipinski definition) is 2. The number of pyridine rings is 1. The van der Waals surface area contributed by atoms with Gasteiger partial charge in [-0.25, -0.2) is 4.39 Å². The number of aromatic nitrogens is 1. The van der Waals surface area contributed by atoms with Crippen molar-refractivity contribution in [3.05, 3.63) is 41.8 Å². The summed E-state index contributed by atoms with van der Waals surface area (Å²) in [4.78, 5) is 16.7. The van der Waals surface area contributed by atoms with E-state index in [1.165, 1.54) is 38.2 Å². The summed E-state index contributed by atoms with van der Waals surface area (Å²) in [6.07, 6.45) is 9.55. The maximum Gasteiger partial charge on any atom is 0.149 e. The Morgan fingerprint density at radius 2 is 2.09 bits per heavy atom. The van der Waals surface area contributed by atoms with Crippen LogP contribution in [0.3, 0.4) is 0 Å². The quantitative estimate of drug-likeness (QED) is 0.769. The standard InChI is InChI=1S/C20H24FNO/c1-14(10-15-6-3-2-4-7-15)19(23)12-16-11-17-8-5-9-18(21)20(17)22-13-16/h5,8-9,11,13-15H,2-4,6-7,10,12H2,1H3. The van der Waals surface area contributed by atoms with Gasteiger partial charge in [-0.2, -0.15) is 0 Å². The second-order valence-corrected chi connectivity index (χ2v) is 6.94. The molecule has 1 aliphatic rings. The Bertz CT molecular complexity index is 691. The highest BCUT2D eigenvalue weighted by atomic mass is 19.1.